The number of carbonyl (C=O) groups is 2. The lowest BCUT2D eigenvalue weighted by molar-refractivity contribution is -0.142. The molecule has 0 saturated carbocycles. The van der Waals surface area contributed by atoms with Crippen LogP contribution in [0.15, 0.2) is 77.1 Å². The van der Waals surface area contributed by atoms with Gasteiger partial charge in [-0.2, -0.15) is 13.2 Å². The lowest BCUT2D eigenvalue weighted by Gasteiger charge is -2.40. The highest BCUT2D eigenvalue weighted by atomic mass is 19.4. The quantitative estimate of drug-likeness (QED) is 0.554. The molecular weight excluding hydrogens is 443 g/mol. The zero-order chi connectivity index (χ0) is 24.7. The molecule has 4 nitrogen and oxygen atoms in total. The van der Waals surface area contributed by atoms with E-state index in [9.17, 15) is 22.8 Å². The minimum Gasteiger partial charge on any atom is -0.457 e. The Morgan fingerprint density at radius 1 is 1.06 bits per heavy atom. The summed E-state index contributed by atoms with van der Waals surface area (Å²) in [5.74, 6) is -2.18. The second-order valence-electron chi connectivity index (χ2n) is 9.58. The number of benzene rings is 2. The zero-order valence-electron chi connectivity index (χ0n) is 19.3. The van der Waals surface area contributed by atoms with Crippen LogP contribution >= 0.6 is 0 Å². The van der Waals surface area contributed by atoms with Gasteiger partial charge in [-0.25, -0.2) is 4.79 Å². The smallest absolute Gasteiger partial charge is 0.416 e. The average Bonchev–Trinajstić information content (AvgIpc) is 2.75. The van der Waals surface area contributed by atoms with Gasteiger partial charge in [-0.1, -0.05) is 62.4 Å². The van der Waals surface area contributed by atoms with Gasteiger partial charge in [0.2, 0.25) is 0 Å². The SMILES string of the molecule is CC1=C(C(=O)OCc2ccccc2)[C@H](c2ccccc2C(F)(F)F)C2=C(CC(C)(C)CC2=O)N1. The number of hydrogen-bond donors (Lipinski definition) is 1. The Bertz CT molecular complexity index is 1190. The van der Waals surface area contributed by atoms with E-state index in [1.54, 1.807) is 31.2 Å². The fourth-order valence-electron chi connectivity index (χ4n) is 4.83. The van der Waals surface area contributed by atoms with Crippen LogP contribution in [-0.4, -0.2) is 11.8 Å². The van der Waals surface area contributed by atoms with E-state index in [0.29, 0.717) is 17.8 Å². The summed E-state index contributed by atoms with van der Waals surface area (Å²) in [6.45, 7) is 5.49. The van der Waals surface area contributed by atoms with Crippen LogP contribution < -0.4 is 5.32 Å². The van der Waals surface area contributed by atoms with Gasteiger partial charge in [0.25, 0.3) is 0 Å². The van der Waals surface area contributed by atoms with Gasteiger partial charge in [-0.05, 0) is 36.0 Å². The number of nitrogens with one attached hydrogen (secondary N) is 1. The predicted molar refractivity (Wildman–Crippen MR) is 121 cm³/mol. The molecule has 2 aromatic rings. The normalized spacial score (nSPS) is 20.1. The second-order valence-corrected chi connectivity index (χ2v) is 9.58. The number of dihydropyridines is 1. The van der Waals surface area contributed by atoms with Gasteiger partial charge in [0, 0.05) is 29.3 Å². The van der Waals surface area contributed by atoms with Crippen molar-refractivity contribution in [1.29, 1.82) is 0 Å². The zero-order valence-corrected chi connectivity index (χ0v) is 19.3. The molecule has 1 N–H and O–H groups in total. The molecule has 1 aliphatic heterocycles. The molecule has 0 spiro atoms. The number of carbonyl (C=O) groups excluding carboxylic acids is 2. The van der Waals surface area contributed by atoms with Crippen molar-refractivity contribution in [2.45, 2.75) is 52.3 Å². The first-order chi connectivity index (χ1) is 16.0. The van der Waals surface area contributed by atoms with Crippen LogP contribution in [0.3, 0.4) is 0 Å². The number of ketones is 1. The highest BCUT2D eigenvalue weighted by molar-refractivity contribution is 6.04. The molecule has 0 bridgehead atoms. The number of esters is 1. The van der Waals surface area contributed by atoms with Crippen molar-refractivity contribution >= 4 is 11.8 Å². The van der Waals surface area contributed by atoms with Crippen LogP contribution in [0.25, 0.3) is 0 Å². The van der Waals surface area contributed by atoms with E-state index in [1.165, 1.54) is 18.2 Å². The van der Waals surface area contributed by atoms with Gasteiger partial charge in [-0.3, -0.25) is 4.79 Å². The highest BCUT2D eigenvalue weighted by Crippen LogP contribution is 2.49. The summed E-state index contributed by atoms with van der Waals surface area (Å²) in [5.41, 5.74) is 0.622. The minimum atomic E-state index is -4.65. The third-order valence-electron chi connectivity index (χ3n) is 6.25. The van der Waals surface area contributed by atoms with E-state index >= 15 is 0 Å². The Morgan fingerprint density at radius 2 is 1.71 bits per heavy atom. The molecule has 0 fully saturated rings. The topological polar surface area (TPSA) is 55.4 Å². The van der Waals surface area contributed by atoms with E-state index in [2.05, 4.69) is 5.32 Å². The molecule has 178 valence electrons. The molecule has 0 radical (unpaired) electrons. The Hall–Kier alpha value is -3.35. The van der Waals surface area contributed by atoms with Crippen molar-refractivity contribution in [3.8, 4) is 0 Å². The molecule has 0 unspecified atom stereocenters. The van der Waals surface area contributed by atoms with Crippen molar-refractivity contribution in [3.63, 3.8) is 0 Å². The van der Waals surface area contributed by atoms with Crippen molar-refractivity contribution < 1.29 is 27.5 Å². The van der Waals surface area contributed by atoms with E-state index in [-0.39, 0.29) is 40.9 Å². The van der Waals surface area contributed by atoms with Crippen LogP contribution in [0, 0.1) is 5.41 Å². The van der Waals surface area contributed by atoms with Gasteiger partial charge in [0.1, 0.15) is 6.61 Å². The van der Waals surface area contributed by atoms with E-state index in [4.69, 9.17) is 4.74 Å². The van der Waals surface area contributed by atoms with E-state index in [1.807, 2.05) is 19.9 Å². The first kappa shape index (κ1) is 23.8. The number of ether oxygens (including phenoxy) is 1. The molecule has 0 amide bonds. The Labute approximate surface area is 196 Å². The van der Waals surface area contributed by atoms with Gasteiger partial charge in [0.15, 0.2) is 5.78 Å². The second kappa shape index (κ2) is 8.78. The molecule has 4 rings (SSSR count). The lowest BCUT2D eigenvalue weighted by atomic mass is 9.68. The fraction of sp³-hybridized carbons (Fsp3) is 0.333. The number of rotatable bonds is 4. The van der Waals surface area contributed by atoms with Crippen LogP contribution in [0.5, 0.6) is 0 Å². The van der Waals surface area contributed by atoms with E-state index < -0.39 is 23.6 Å². The van der Waals surface area contributed by atoms with Crippen LogP contribution in [-0.2, 0) is 27.1 Å². The molecule has 2 aliphatic rings. The Balaban J connectivity index is 1.82. The number of allylic oxidation sites excluding steroid dienone is 3. The first-order valence-corrected chi connectivity index (χ1v) is 11.1. The minimum absolute atomic E-state index is 0.0273. The summed E-state index contributed by atoms with van der Waals surface area (Å²) in [7, 11) is 0. The van der Waals surface area contributed by atoms with Crippen LogP contribution in [0.2, 0.25) is 0 Å². The maximum absolute atomic E-state index is 14.0. The van der Waals surface area contributed by atoms with Crippen LogP contribution in [0.1, 0.15) is 56.2 Å². The monoisotopic (exact) mass is 469 g/mol. The molecule has 7 heteroatoms. The number of alkyl halides is 3. The van der Waals surface area contributed by atoms with Crippen molar-refractivity contribution in [2.24, 2.45) is 5.41 Å². The molecule has 1 atom stereocenters. The first-order valence-electron chi connectivity index (χ1n) is 11.1. The van der Waals surface area contributed by atoms with Gasteiger partial charge >= 0.3 is 12.1 Å². The molecular formula is C27H26F3NO3. The lowest BCUT2D eigenvalue weighted by Crippen LogP contribution is -2.39. The molecule has 1 aliphatic carbocycles. The average molecular weight is 470 g/mol. The number of Topliss-reactive ketones (excluding diaryl/α,β-unsaturated/α-hetero) is 1. The van der Waals surface area contributed by atoms with E-state index in [0.717, 1.165) is 11.6 Å². The van der Waals surface area contributed by atoms with Gasteiger partial charge in [-0.15, -0.1) is 0 Å². The fourth-order valence-corrected chi connectivity index (χ4v) is 4.83. The largest absolute Gasteiger partial charge is 0.457 e. The standard InChI is InChI=1S/C27H26F3NO3/c1-16-22(25(33)34-15-17-9-5-4-6-10-17)23(18-11-7-8-12-19(18)27(28,29)30)24-20(31-16)13-26(2,3)14-21(24)32/h4-12,23,31H,13-15H2,1-3H3/t23-/m0/s1. The molecule has 0 aromatic heterocycles. The Morgan fingerprint density at radius 3 is 2.38 bits per heavy atom. The maximum atomic E-state index is 14.0. The summed E-state index contributed by atoms with van der Waals surface area (Å²) in [5, 5.41) is 3.15. The third kappa shape index (κ3) is 4.65. The Kier molecular flexibility index (Phi) is 6.14. The molecule has 34 heavy (non-hydrogen) atoms. The van der Waals surface area contributed by atoms with Crippen molar-refractivity contribution in [1.82, 2.24) is 5.32 Å². The number of hydrogen-bond acceptors (Lipinski definition) is 4. The molecule has 2 aromatic carbocycles. The number of halogens is 3. The van der Waals surface area contributed by atoms with Gasteiger partial charge in [0.05, 0.1) is 11.1 Å². The molecule has 0 saturated heterocycles. The summed E-state index contributed by atoms with van der Waals surface area (Å²) >= 11 is 0. The third-order valence-corrected chi connectivity index (χ3v) is 6.25. The van der Waals surface area contributed by atoms with Crippen molar-refractivity contribution in [2.75, 3.05) is 0 Å². The predicted octanol–water partition coefficient (Wildman–Crippen LogP) is 6.05. The summed E-state index contributed by atoms with van der Waals surface area (Å²) in [4.78, 5) is 26.6. The molecule has 1 heterocycles. The summed E-state index contributed by atoms with van der Waals surface area (Å²) in [6.07, 6.45) is -3.97. The maximum Gasteiger partial charge on any atom is 0.416 e. The van der Waals surface area contributed by atoms with Gasteiger partial charge < -0.3 is 10.1 Å². The van der Waals surface area contributed by atoms with Crippen molar-refractivity contribution in [3.05, 3.63) is 93.8 Å². The highest BCUT2D eigenvalue weighted by Gasteiger charge is 2.46. The summed E-state index contributed by atoms with van der Waals surface area (Å²) in [6, 6.07) is 14.1. The van der Waals surface area contributed by atoms with Crippen LogP contribution in [0.4, 0.5) is 13.2 Å². The summed E-state index contributed by atoms with van der Waals surface area (Å²) < 4.78 is 47.5.